The van der Waals surface area contributed by atoms with Gasteiger partial charge in [-0.2, -0.15) is 0 Å². The summed E-state index contributed by atoms with van der Waals surface area (Å²) in [7, 11) is 0. The Bertz CT molecular complexity index is 1480. The molecular weight excluding hydrogens is 837 g/mol. The van der Waals surface area contributed by atoms with E-state index in [-0.39, 0.29) is 25.2 Å². The molecule has 0 radical (unpaired) electrons. The summed E-state index contributed by atoms with van der Waals surface area (Å²) in [5.41, 5.74) is 0. The van der Waals surface area contributed by atoms with Crippen molar-refractivity contribution >= 4 is 11.9 Å². The zero-order chi connectivity index (χ0) is 49.2. The van der Waals surface area contributed by atoms with Gasteiger partial charge in [-0.3, -0.25) is 9.59 Å². The fraction of sp³-hybridized carbons (Fsp3) is 0.587. The Labute approximate surface area is 419 Å². The van der Waals surface area contributed by atoms with E-state index in [1.165, 1.54) is 38.5 Å². The van der Waals surface area contributed by atoms with E-state index in [1.54, 1.807) is 0 Å². The highest BCUT2D eigenvalue weighted by atomic mass is 16.6. The van der Waals surface area contributed by atoms with E-state index in [9.17, 15) is 9.59 Å². The third kappa shape index (κ3) is 54.4. The van der Waals surface area contributed by atoms with Crippen LogP contribution in [0.3, 0.4) is 0 Å². The van der Waals surface area contributed by atoms with Crippen LogP contribution in [0.15, 0.2) is 146 Å². The minimum Gasteiger partial charge on any atom is -0.462 e. The molecule has 0 fully saturated rings. The predicted molar refractivity (Wildman–Crippen MR) is 297 cm³/mol. The lowest BCUT2D eigenvalue weighted by molar-refractivity contribution is -0.163. The molecule has 0 saturated heterocycles. The van der Waals surface area contributed by atoms with Gasteiger partial charge in [-0.15, -0.1) is 0 Å². The van der Waals surface area contributed by atoms with Crippen molar-refractivity contribution in [1.29, 1.82) is 0 Å². The molecule has 68 heavy (non-hydrogen) atoms. The number of carbonyl (C=O) groups excluding carboxylic acids is 2. The Hall–Kier alpha value is -4.22. The second-order valence-electron chi connectivity index (χ2n) is 17.3. The lowest BCUT2D eigenvalue weighted by Gasteiger charge is -2.18. The first kappa shape index (κ1) is 63.8. The first-order valence-electron chi connectivity index (χ1n) is 27.4. The summed E-state index contributed by atoms with van der Waals surface area (Å²) in [6.45, 7) is 7.37. The topological polar surface area (TPSA) is 61.8 Å². The SMILES string of the molecule is CC/C=C\C/C=C\C/C=C\C/C=C\CCCCCCCCC(=O)OCC(COCCCCCCC/C=C\C/C=C\C/C=C\C/C=C\CC)OC(=O)CCCC/C=C\C/C=C\C/C=C\C/C=C\CC. The van der Waals surface area contributed by atoms with Gasteiger partial charge >= 0.3 is 11.9 Å². The van der Waals surface area contributed by atoms with E-state index in [0.29, 0.717) is 19.4 Å². The number of rotatable bonds is 48. The average Bonchev–Trinajstić information content (AvgIpc) is 3.34. The molecule has 1 unspecified atom stereocenters. The van der Waals surface area contributed by atoms with E-state index in [4.69, 9.17) is 14.2 Å². The Morgan fingerprint density at radius 3 is 1.01 bits per heavy atom. The maximum atomic E-state index is 12.8. The van der Waals surface area contributed by atoms with E-state index >= 15 is 0 Å². The summed E-state index contributed by atoms with van der Waals surface area (Å²) in [4.78, 5) is 25.5. The smallest absolute Gasteiger partial charge is 0.306 e. The minimum absolute atomic E-state index is 0.0428. The van der Waals surface area contributed by atoms with Gasteiger partial charge in [0.1, 0.15) is 6.61 Å². The minimum atomic E-state index is -0.586. The summed E-state index contributed by atoms with van der Waals surface area (Å²) in [6.07, 6.45) is 82.9. The van der Waals surface area contributed by atoms with Gasteiger partial charge in [0, 0.05) is 19.4 Å². The van der Waals surface area contributed by atoms with Crippen LogP contribution in [0.25, 0.3) is 0 Å². The Morgan fingerprint density at radius 1 is 0.324 bits per heavy atom. The molecule has 0 aromatic heterocycles. The predicted octanol–water partition coefficient (Wildman–Crippen LogP) is 18.9. The van der Waals surface area contributed by atoms with E-state index in [2.05, 4.69) is 167 Å². The quantitative estimate of drug-likeness (QED) is 0.0346. The number of hydrogen-bond acceptors (Lipinski definition) is 5. The maximum Gasteiger partial charge on any atom is 0.306 e. The molecule has 0 amide bonds. The third-order valence-corrected chi connectivity index (χ3v) is 10.9. The van der Waals surface area contributed by atoms with Crippen LogP contribution < -0.4 is 0 Å². The van der Waals surface area contributed by atoms with Crippen molar-refractivity contribution in [1.82, 2.24) is 0 Å². The molecule has 0 aliphatic carbocycles. The summed E-state index contributed by atoms with van der Waals surface area (Å²) >= 11 is 0. The lowest BCUT2D eigenvalue weighted by Crippen LogP contribution is -2.30. The number of hydrogen-bond donors (Lipinski definition) is 0. The molecule has 0 aliphatic heterocycles. The summed E-state index contributed by atoms with van der Waals surface area (Å²) < 4.78 is 17.4. The third-order valence-electron chi connectivity index (χ3n) is 10.9. The maximum absolute atomic E-state index is 12.8. The van der Waals surface area contributed by atoms with Crippen LogP contribution in [-0.4, -0.2) is 37.9 Å². The number of esters is 2. The molecule has 0 rings (SSSR count). The molecule has 0 spiro atoms. The van der Waals surface area contributed by atoms with Crippen molar-refractivity contribution in [2.45, 2.75) is 219 Å². The molecule has 0 saturated carbocycles. The Morgan fingerprint density at radius 2 is 0.618 bits per heavy atom. The molecule has 5 nitrogen and oxygen atoms in total. The van der Waals surface area contributed by atoms with Gasteiger partial charge in [-0.05, 0) is 135 Å². The van der Waals surface area contributed by atoms with Crippen molar-refractivity contribution in [2.24, 2.45) is 0 Å². The Balaban J connectivity index is 4.43. The zero-order valence-electron chi connectivity index (χ0n) is 43.8. The van der Waals surface area contributed by atoms with Crippen molar-refractivity contribution in [2.75, 3.05) is 19.8 Å². The molecular formula is C63H100O5. The van der Waals surface area contributed by atoms with Crippen LogP contribution in [0.2, 0.25) is 0 Å². The van der Waals surface area contributed by atoms with Crippen molar-refractivity contribution in [3.8, 4) is 0 Å². The van der Waals surface area contributed by atoms with Crippen molar-refractivity contribution < 1.29 is 23.8 Å². The fourth-order valence-electron chi connectivity index (χ4n) is 6.89. The van der Waals surface area contributed by atoms with Crippen LogP contribution >= 0.6 is 0 Å². The highest BCUT2D eigenvalue weighted by Crippen LogP contribution is 2.12. The monoisotopic (exact) mass is 937 g/mol. The molecule has 0 aromatic rings. The number of ether oxygens (including phenoxy) is 3. The molecule has 0 heterocycles. The first-order valence-corrected chi connectivity index (χ1v) is 27.4. The number of carbonyl (C=O) groups is 2. The summed E-state index contributed by atoms with van der Waals surface area (Å²) in [5.74, 6) is -0.483. The van der Waals surface area contributed by atoms with Gasteiger partial charge in [0.25, 0.3) is 0 Å². The van der Waals surface area contributed by atoms with E-state index in [1.807, 2.05) is 0 Å². The zero-order valence-corrected chi connectivity index (χ0v) is 43.8. The lowest BCUT2D eigenvalue weighted by atomic mass is 10.1. The Kier molecular flexibility index (Phi) is 53.6. The van der Waals surface area contributed by atoms with Crippen molar-refractivity contribution in [3.63, 3.8) is 0 Å². The van der Waals surface area contributed by atoms with Gasteiger partial charge < -0.3 is 14.2 Å². The van der Waals surface area contributed by atoms with Gasteiger partial charge in [0.05, 0.1) is 6.61 Å². The largest absolute Gasteiger partial charge is 0.462 e. The standard InChI is InChI=1S/C63H100O5/c1-4-7-10-13-16-19-22-25-28-30-32-33-36-38-41-44-47-50-53-56-62(64)67-60-61(68-63(65)57-54-51-48-45-42-39-35-27-24-21-18-15-12-9-6-3)59-66-58-55-52-49-46-43-40-37-34-31-29-26-23-20-17-14-11-8-5-2/h7-12,16-21,25-29,32-35,37,42,45,61H,4-6,13-15,22-24,30-31,36,38-41,43-44,46-60H2,1-3H3/b10-7-,11-8-,12-9-,19-16-,20-17-,21-18-,28-25-,29-26-,33-32-,35-27-,37-34-,45-42-. The molecule has 5 heteroatoms. The molecule has 0 N–H and O–H groups in total. The molecule has 382 valence electrons. The van der Waals surface area contributed by atoms with Crippen LogP contribution in [0, 0.1) is 0 Å². The van der Waals surface area contributed by atoms with Gasteiger partial charge in [-0.1, -0.05) is 212 Å². The number of allylic oxidation sites excluding steroid dienone is 24. The molecule has 0 aliphatic rings. The average molecular weight is 937 g/mol. The second-order valence-corrected chi connectivity index (χ2v) is 17.3. The molecule has 0 aromatic carbocycles. The number of unbranched alkanes of at least 4 members (excludes halogenated alkanes) is 13. The van der Waals surface area contributed by atoms with Crippen molar-refractivity contribution in [3.05, 3.63) is 146 Å². The van der Waals surface area contributed by atoms with Gasteiger partial charge in [0.2, 0.25) is 0 Å². The van der Waals surface area contributed by atoms with Gasteiger partial charge in [-0.25, -0.2) is 0 Å². The normalized spacial score (nSPS) is 13.4. The van der Waals surface area contributed by atoms with E-state index < -0.39 is 6.10 Å². The van der Waals surface area contributed by atoms with Crippen LogP contribution in [0.4, 0.5) is 0 Å². The highest BCUT2D eigenvalue weighted by molar-refractivity contribution is 5.70. The summed E-state index contributed by atoms with van der Waals surface area (Å²) in [5, 5.41) is 0. The molecule has 1 atom stereocenters. The summed E-state index contributed by atoms with van der Waals surface area (Å²) in [6, 6.07) is 0. The van der Waals surface area contributed by atoms with Gasteiger partial charge in [0.15, 0.2) is 6.10 Å². The van der Waals surface area contributed by atoms with Crippen LogP contribution in [-0.2, 0) is 23.8 Å². The fourth-order valence-corrected chi connectivity index (χ4v) is 6.89. The van der Waals surface area contributed by atoms with Crippen LogP contribution in [0.1, 0.15) is 213 Å². The second kappa shape index (κ2) is 57.1. The highest BCUT2D eigenvalue weighted by Gasteiger charge is 2.17. The first-order chi connectivity index (χ1) is 33.6. The molecule has 0 bridgehead atoms. The van der Waals surface area contributed by atoms with Crippen LogP contribution in [0.5, 0.6) is 0 Å². The van der Waals surface area contributed by atoms with E-state index in [0.717, 1.165) is 141 Å².